The van der Waals surface area contributed by atoms with E-state index in [1.165, 1.54) is 12.1 Å². The van der Waals surface area contributed by atoms with E-state index in [1.807, 2.05) is 42.5 Å². The number of aliphatic hydroxyl groups is 1. The highest BCUT2D eigenvalue weighted by atomic mass is 19.1. The number of aliphatic hydroxyl groups excluding tert-OH is 1. The van der Waals surface area contributed by atoms with Gasteiger partial charge in [0.15, 0.2) is 0 Å². The number of carbonyl (C=O) groups is 1. The normalized spacial score (nSPS) is 19.7. The number of benzene rings is 3. The van der Waals surface area contributed by atoms with E-state index >= 15 is 0 Å². The average Bonchev–Trinajstić information content (AvgIpc) is 2.74. The van der Waals surface area contributed by atoms with E-state index in [4.69, 9.17) is 0 Å². The number of phenolic OH excluding ortho intramolecular Hbond substituents is 1. The van der Waals surface area contributed by atoms with Gasteiger partial charge in [-0.25, -0.2) is 4.39 Å². The van der Waals surface area contributed by atoms with Crippen molar-refractivity contribution in [3.05, 3.63) is 95.8 Å². The molecule has 148 valence electrons. The van der Waals surface area contributed by atoms with Crippen molar-refractivity contribution in [1.82, 2.24) is 0 Å². The van der Waals surface area contributed by atoms with Gasteiger partial charge in [0.2, 0.25) is 5.91 Å². The first-order valence-corrected chi connectivity index (χ1v) is 9.65. The van der Waals surface area contributed by atoms with E-state index in [1.54, 1.807) is 29.2 Å². The second kappa shape index (κ2) is 8.05. The third-order valence-corrected chi connectivity index (χ3v) is 5.49. The largest absolute Gasteiger partial charge is 0.508 e. The average molecular weight is 391 g/mol. The fraction of sp³-hybridized carbons (Fsp3) is 0.208. The highest BCUT2D eigenvalue weighted by molar-refractivity contribution is 6.03. The van der Waals surface area contributed by atoms with Crippen molar-refractivity contribution in [2.75, 3.05) is 4.90 Å². The quantitative estimate of drug-likeness (QED) is 0.596. The number of phenols is 1. The number of halogens is 1. The van der Waals surface area contributed by atoms with Crippen LogP contribution in [0.5, 0.6) is 5.75 Å². The summed E-state index contributed by atoms with van der Waals surface area (Å²) in [6.45, 7) is 0. The number of anilines is 1. The van der Waals surface area contributed by atoms with Gasteiger partial charge in [0.25, 0.3) is 0 Å². The summed E-state index contributed by atoms with van der Waals surface area (Å²) in [5.74, 6) is -0.426. The van der Waals surface area contributed by atoms with Gasteiger partial charge in [-0.2, -0.15) is 0 Å². The van der Waals surface area contributed by atoms with Gasteiger partial charge in [-0.15, -0.1) is 0 Å². The Morgan fingerprint density at radius 1 is 0.931 bits per heavy atom. The Balaban J connectivity index is 1.54. The molecule has 0 aliphatic carbocycles. The van der Waals surface area contributed by atoms with Crippen molar-refractivity contribution in [2.24, 2.45) is 5.92 Å². The molecule has 1 fully saturated rings. The highest BCUT2D eigenvalue weighted by Gasteiger charge is 2.48. The summed E-state index contributed by atoms with van der Waals surface area (Å²) in [5, 5.41) is 20.1. The molecule has 29 heavy (non-hydrogen) atoms. The Labute approximate surface area is 168 Å². The van der Waals surface area contributed by atoms with Crippen LogP contribution in [0.25, 0.3) is 0 Å². The van der Waals surface area contributed by atoms with Crippen LogP contribution in [0.3, 0.4) is 0 Å². The number of para-hydroxylation sites is 1. The lowest BCUT2D eigenvalue weighted by Gasteiger charge is -2.48. The highest BCUT2D eigenvalue weighted by Crippen LogP contribution is 2.46. The first-order chi connectivity index (χ1) is 14.0. The maximum Gasteiger partial charge on any atom is 0.233 e. The van der Waals surface area contributed by atoms with E-state index in [-0.39, 0.29) is 29.4 Å². The molecule has 1 aliphatic heterocycles. The van der Waals surface area contributed by atoms with E-state index in [0.717, 1.165) is 11.3 Å². The molecule has 4 nitrogen and oxygen atoms in total. The third-order valence-electron chi connectivity index (χ3n) is 5.49. The summed E-state index contributed by atoms with van der Waals surface area (Å²) in [6.07, 6.45) is 0.153. The second-order valence-corrected chi connectivity index (χ2v) is 7.33. The molecule has 3 unspecified atom stereocenters. The lowest BCUT2D eigenvalue weighted by Crippen LogP contribution is -2.55. The fourth-order valence-electron chi connectivity index (χ4n) is 3.95. The van der Waals surface area contributed by atoms with E-state index in [2.05, 4.69) is 0 Å². The maximum atomic E-state index is 13.1. The van der Waals surface area contributed by atoms with Crippen LogP contribution in [0.1, 0.15) is 36.1 Å². The number of β-lactam (4-membered cyclic amide) rings is 1. The molecule has 4 rings (SSSR count). The summed E-state index contributed by atoms with van der Waals surface area (Å²) < 4.78 is 13.1. The molecule has 3 aromatic rings. The SMILES string of the molecule is O=C1C(CCC(O)c2ccc(F)cc2)C(c2ccc(O)cc2)N1c1ccccc1. The summed E-state index contributed by atoms with van der Waals surface area (Å²) in [7, 11) is 0. The molecule has 3 aromatic carbocycles. The van der Waals surface area contributed by atoms with Gasteiger partial charge in [-0.05, 0) is 60.4 Å². The molecule has 0 bridgehead atoms. The number of rotatable bonds is 6. The summed E-state index contributed by atoms with van der Waals surface area (Å²) in [6, 6.07) is 22.0. The number of hydrogen-bond acceptors (Lipinski definition) is 3. The number of nitrogens with zero attached hydrogens (tertiary/aromatic N) is 1. The minimum atomic E-state index is -0.755. The van der Waals surface area contributed by atoms with Crippen molar-refractivity contribution in [1.29, 1.82) is 0 Å². The molecule has 0 aromatic heterocycles. The molecule has 0 radical (unpaired) electrons. The van der Waals surface area contributed by atoms with Gasteiger partial charge in [-0.3, -0.25) is 4.79 Å². The molecule has 1 aliphatic rings. The van der Waals surface area contributed by atoms with E-state index in [9.17, 15) is 19.4 Å². The van der Waals surface area contributed by atoms with Gasteiger partial charge in [0, 0.05) is 5.69 Å². The van der Waals surface area contributed by atoms with Gasteiger partial charge in [0.05, 0.1) is 18.1 Å². The summed E-state index contributed by atoms with van der Waals surface area (Å²) in [5.41, 5.74) is 2.40. The van der Waals surface area contributed by atoms with Crippen LogP contribution in [0.2, 0.25) is 0 Å². The molecule has 2 N–H and O–H groups in total. The maximum absolute atomic E-state index is 13.1. The number of amides is 1. The van der Waals surface area contributed by atoms with Crippen LogP contribution < -0.4 is 4.90 Å². The lowest BCUT2D eigenvalue weighted by atomic mass is 9.78. The Hall–Kier alpha value is -3.18. The van der Waals surface area contributed by atoms with Crippen LogP contribution in [0.15, 0.2) is 78.9 Å². The van der Waals surface area contributed by atoms with Crippen LogP contribution in [0.4, 0.5) is 10.1 Å². The number of aromatic hydroxyl groups is 1. The molecule has 1 heterocycles. The van der Waals surface area contributed by atoms with Crippen molar-refractivity contribution in [3.63, 3.8) is 0 Å². The first kappa shape index (κ1) is 19.2. The summed E-state index contributed by atoms with van der Waals surface area (Å²) >= 11 is 0. The van der Waals surface area contributed by atoms with Crippen molar-refractivity contribution in [3.8, 4) is 5.75 Å². The topological polar surface area (TPSA) is 60.8 Å². The predicted molar refractivity (Wildman–Crippen MR) is 109 cm³/mol. The molecule has 0 saturated carbocycles. The zero-order chi connectivity index (χ0) is 20.4. The zero-order valence-electron chi connectivity index (χ0n) is 15.8. The first-order valence-electron chi connectivity index (χ1n) is 9.65. The van der Waals surface area contributed by atoms with Crippen LogP contribution in [-0.2, 0) is 4.79 Å². The summed E-state index contributed by atoms with van der Waals surface area (Å²) in [4.78, 5) is 14.7. The van der Waals surface area contributed by atoms with Gasteiger partial charge in [0.1, 0.15) is 11.6 Å². The lowest BCUT2D eigenvalue weighted by molar-refractivity contribution is -0.131. The Morgan fingerprint density at radius 2 is 1.59 bits per heavy atom. The number of hydrogen-bond donors (Lipinski definition) is 2. The minimum Gasteiger partial charge on any atom is -0.508 e. The molecule has 3 atom stereocenters. The fourth-order valence-corrected chi connectivity index (χ4v) is 3.95. The minimum absolute atomic E-state index is 0.0144. The molecule has 1 amide bonds. The molecule has 0 spiro atoms. The monoisotopic (exact) mass is 391 g/mol. The van der Waals surface area contributed by atoms with Gasteiger partial charge in [-0.1, -0.05) is 42.5 Å². The van der Waals surface area contributed by atoms with Crippen LogP contribution in [-0.4, -0.2) is 16.1 Å². The van der Waals surface area contributed by atoms with Crippen molar-refractivity contribution in [2.45, 2.75) is 25.0 Å². The molecule has 1 saturated heterocycles. The Kier molecular flexibility index (Phi) is 5.32. The molecular weight excluding hydrogens is 369 g/mol. The van der Waals surface area contributed by atoms with Gasteiger partial charge < -0.3 is 15.1 Å². The zero-order valence-corrected chi connectivity index (χ0v) is 15.8. The second-order valence-electron chi connectivity index (χ2n) is 7.33. The van der Waals surface area contributed by atoms with Gasteiger partial charge >= 0.3 is 0 Å². The van der Waals surface area contributed by atoms with E-state index < -0.39 is 6.10 Å². The smallest absolute Gasteiger partial charge is 0.233 e. The van der Waals surface area contributed by atoms with Crippen molar-refractivity contribution < 1.29 is 19.4 Å². The van der Waals surface area contributed by atoms with Crippen LogP contribution >= 0.6 is 0 Å². The van der Waals surface area contributed by atoms with Crippen molar-refractivity contribution >= 4 is 11.6 Å². The Morgan fingerprint density at radius 3 is 2.24 bits per heavy atom. The molecular formula is C24H22FNO3. The van der Waals surface area contributed by atoms with Crippen LogP contribution in [0, 0.1) is 11.7 Å². The predicted octanol–water partition coefficient (Wildman–Crippen LogP) is 4.75. The third kappa shape index (κ3) is 3.87. The standard InChI is InChI=1S/C24H22FNO3/c25-18-10-6-16(7-11-18)22(28)15-14-21-23(17-8-12-20(27)13-9-17)26(24(21)29)19-4-2-1-3-5-19/h1-13,21-23,27-28H,14-15H2. The Bertz CT molecular complexity index is 973. The number of carbonyl (C=O) groups excluding carboxylic acids is 1. The van der Waals surface area contributed by atoms with E-state index in [0.29, 0.717) is 18.4 Å². The molecule has 5 heteroatoms.